The Morgan fingerprint density at radius 3 is 2.65 bits per heavy atom. The van der Waals surface area contributed by atoms with Crippen LogP contribution in [0.25, 0.3) is 0 Å². The van der Waals surface area contributed by atoms with Crippen molar-refractivity contribution in [3.63, 3.8) is 0 Å². The summed E-state index contributed by atoms with van der Waals surface area (Å²) in [4.78, 5) is 53.3. The van der Waals surface area contributed by atoms with Crippen molar-refractivity contribution in [1.82, 2.24) is 15.1 Å². The minimum atomic E-state index is -1.07. The van der Waals surface area contributed by atoms with E-state index in [9.17, 15) is 19.2 Å². The molecule has 6 N–H and O–H groups in total. The summed E-state index contributed by atoms with van der Waals surface area (Å²) in [6.45, 7) is 2.26. The first kappa shape index (κ1) is 26.8. The van der Waals surface area contributed by atoms with Crippen LogP contribution >= 0.6 is 0 Å². The zero-order valence-corrected chi connectivity index (χ0v) is 19.4. The second-order valence-electron chi connectivity index (χ2n) is 8.08. The average molecular weight is 475 g/mol. The molecular formula is C23H34N6O5. The monoisotopic (exact) mass is 474 g/mol. The van der Waals surface area contributed by atoms with Crippen LogP contribution in [0.2, 0.25) is 0 Å². The minimum Gasteiger partial charge on any atom is -0.449 e. The van der Waals surface area contributed by atoms with Crippen LogP contribution in [0, 0.1) is 5.41 Å². The molecule has 0 saturated carbocycles. The molecule has 1 heterocycles. The molecule has 0 radical (unpaired) electrons. The maximum Gasteiger partial charge on any atom is 0.417 e. The number of likely N-dealkylation sites (tertiary alicyclic amines) is 1. The number of aldehydes is 1. The van der Waals surface area contributed by atoms with Gasteiger partial charge in [-0.1, -0.05) is 30.3 Å². The van der Waals surface area contributed by atoms with Gasteiger partial charge in [-0.3, -0.25) is 15.0 Å². The van der Waals surface area contributed by atoms with Crippen molar-refractivity contribution in [3.05, 3.63) is 35.9 Å². The maximum atomic E-state index is 13.5. The van der Waals surface area contributed by atoms with Crippen LogP contribution in [0.5, 0.6) is 0 Å². The van der Waals surface area contributed by atoms with Gasteiger partial charge in [0.15, 0.2) is 5.96 Å². The fourth-order valence-electron chi connectivity index (χ4n) is 3.99. The number of imide groups is 1. The molecule has 11 heteroatoms. The summed E-state index contributed by atoms with van der Waals surface area (Å²) >= 11 is 0. The fourth-order valence-corrected chi connectivity index (χ4v) is 3.99. The molecule has 0 spiro atoms. The standard InChI is InChI=1S/C23H34N6O5/c1-2-34-23(33)29(17(15-30)10-6-12-27-22(25)26)21(32)19-11-7-13-28(19)20(31)18(24)14-16-8-4-3-5-9-16/h3-5,8-9,15,17-19H,2,6-7,10-14,24H2,1H3,(H4,25,26,27)/t17-,18+,19-/m0/s1. The molecule has 0 bridgehead atoms. The third-order valence-corrected chi connectivity index (χ3v) is 5.62. The molecule has 1 aromatic carbocycles. The summed E-state index contributed by atoms with van der Waals surface area (Å²) in [6.07, 6.45) is 1.37. The molecule has 34 heavy (non-hydrogen) atoms. The third-order valence-electron chi connectivity index (χ3n) is 5.62. The second kappa shape index (κ2) is 13.3. The number of benzene rings is 1. The highest BCUT2D eigenvalue weighted by molar-refractivity contribution is 5.99. The Balaban J connectivity index is 2.16. The SMILES string of the molecule is CCOC(=O)N(C(=O)[C@@H]1CCCN1C(=O)[C@H](N)Cc1ccccc1)[C@H](C=O)CCCNC(=N)N. The Labute approximate surface area is 199 Å². The Bertz CT molecular complexity index is 865. The lowest BCUT2D eigenvalue weighted by atomic mass is 10.0. The zero-order chi connectivity index (χ0) is 25.1. The van der Waals surface area contributed by atoms with Gasteiger partial charge in [-0.15, -0.1) is 0 Å². The van der Waals surface area contributed by atoms with E-state index < -0.39 is 30.1 Å². The molecular weight excluding hydrogens is 440 g/mol. The topological polar surface area (TPSA) is 172 Å². The second-order valence-corrected chi connectivity index (χ2v) is 8.08. The Hall–Kier alpha value is -3.47. The fraction of sp³-hybridized carbons (Fsp3) is 0.522. The first-order valence-corrected chi connectivity index (χ1v) is 11.4. The lowest BCUT2D eigenvalue weighted by molar-refractivity contribution is -0.145. The van der Waals surface area contributed by atoms with Crippen LogP contribution in [0.4, 0.5) is 4.79 Å². The average Bonchev–Trinajstić information content (AvgIpc) is 3.30. The number of guanidine groups is 1. The predicted octanol–water partition coefficient (Wildman–Crippen LogP) is 0.363. The van der Waals surface area contributed by atoms with Crippen molar-refractivity contribution in [3.8, 4) is 0 Å². The lowest BCUT2D eigenvalue weighted by Crippen LogP contribution is -2.56. The number of nitrogens with zero attached hydrogens (tertiary/aromatic N) is 2. The van der Waals surface area contributed by atoms with Gasteiger partial charge in [0, 0.05) is 13.1 Å². The van der Waals surface area contributed by atoms with E-state index in [0.29, 0.717) is 45.1 Å². The van der Waals surface area contributed by atoms with Crippen LogP contribution < -0.4 is 16.8 Å². The Morgan fingerprint density at radius 1 is 1.32 bits per heavy atom. The third kappa shape index (κ3) is 7.27. The van der Waals surface area contributed by atoms with E-state index in [4.69, 9.17) is 21.6 Å². The van der Waals surface area contributed by atoms with Gasteiger partial charge in [-0.05, 0) is 44.6 Å². The molecule has 1 fully saturated rings. The molecule has 1 aromatic rings. The van der Waals surface area contributed by atoms with E-state index in [1.54, 1.807) is 6.92 Å². The number of carbonyl (C=O) groups is 4. The van der Waals surface area contributed by atoms with Gasteiger partial charge in [0.2, 0.25) is 5.91 Å². The molecule has 1 saturated heterocycles. The van der Waals surface area contributed by atoms with Crippen LogP contribution in [-0.2, 0) is 25.5 Å². The number of rotatable bonds is 11. The molecule has 0 unspecified atom stereocenters. The first-order valence-electron chi connectivity index (χ1n) is 11.4. The Morgan fingerprint density at radius 2 is 2.03 bits per heavy atom. The Kier molecular flexibility index (Phi) is 10.5. The summed E-state index contributed by atoms with van der Waals surface area (Å²) in [6, 6.07) is 6.51. The number of nitrogens with one attached hydrogen (secondary N) is 2. The summed E-state index contributed by atoms with van der Waals surface area (Å²) < 4.78 is 5.04. The summed E-state index contributed by atoms with van der Waals surface area (Å²) in [5.41, 5.74) is 12.3. The number of hydrogen-bond acceptors (Lipinski definition) is 7. The van der Waals surface area contributed by atoms with Crippen molar-refractivity contribution in [2.75, 3.05) is 19.7 Å². The van der Waals surface area contributed by atoms with Gasteiger partial charge in [0.1, 0.15) is 12.3 Å². The normalized spacial score (nSPS) is 16.9. The van der Waals surface area contributed by atoms with Crippen LogP contribution in [-0.4, -0.2) is 77.8 Å². The highest BCUT2D eigenvalue weighted by Gasteiger charge is 2.42. The largest absolute Gasteiger partial charge is 0.449 e. The summed E-state index contributed by atoms with van der Waals surface area (Å²) in [7, 11) is 0. The molecule has 1 aliphatic heterocycles. The van der Waals surface area contributed by atoms with E-state index in [1.165, 1.54) is 4.90 Å². The quantitative estimate of drug-likeness (QED) is 0.154. The van der Waals surface area contributed by atoms with E-state index in [0.717, 1.165) is 10.5 Å². The molecule has 11 nitrogen and oxygen atoms in total. The highest BCUT2D eigenvalue weighted by Crippen LogP contribution is 2.23. The van der Waals surface area contributed by atoms with E-state index in [2.05, 4.69) is 5.32 Å². The van der Waals surface area contributed by atoms with Crippen molar-refractivity contribution in [2.24, 2.45) is 11.5 Å². The molecule has 186 valence electrons. The lowest BCUT2D eigenvalue weighted by Gasteiger charge is -2.32. The predicted molar refractivity (Wildman–Crippen MR) is 126 cm³/mol. The molecule has 0 aliphatic carbocycles. The first-order chi connectivity index (χ1) is 16.3. The maximum absolute atomic E-state index is 13.5. The van der Waals surface area contributed by atoms with Crippen molar-refractivity contribution < 1.29 is 23.9 Å². The number of amides is 3. The van der Waals surface area contributed by atoms with Crippen LogP contribution in [0.15, 0.2) is 30.3 Å². The zero-order valence-electron chi connectivity index (χ0n) is 19.4. The summed E-state index contributed by atoms with van der Waals surface area (Å²) in [5, 5.41) is 9.81. The minimum absolute atomic E-state index is 0.0232. The van der Waals surface area contributed by atoms with Crippen LogP contribution in [0.1, 0.15) is 38.2 Å². The van der Waals surface area contributed by atoms with Crippen molar-refractivity contribution in [2.45, 2.75) is 57.2 Å². The van der Waals surface area contributed by atoms with Gasteiger partial charge in [-0.2, -0.15) is 0 Å². The molecule has 1 aliphatic rings. The van der Waals surface area contributed by atoms with Crippen molar-refractivity contribution in [1.29, 1.82) is 5.41 Å². The number of hydrogen-bond donors (Lipinski definition) is 4. The van der Waals surface area contributed by atoms with E-state index in [1.807, 2.05) is 30.3 Å². The molecule has 0 aromatic heterocycles. The van der Waals surface area contributed by atoms with Gasteiger partial charge in [0.05, 0.1) is 18.7 Å². The van der Waals surface area contributed by atoms with Crippen molar-refractivity contribution >= 4 is 30.2 Å². The number of carbonyl (C=O) groups excluding carboxylic acids is 4. The van der Waals surface area contributed by atoms with E-state index in [-0.39, 0.29) is 24.9 Å². The summed E-state index contributed by atoms with van der Waals surface area (Å²) in [5.74, 6) is -1.25. The van der Waals surface area contributed by atoms with Gasteiger partial charge in [0.25, 0.3) is 5.91 Å². The number of ether oxygens (including phenoxy) is 1. The molecule has 3 atom stereocenters. The van der Waals surface area contributed by atoms with Crippen LogP contribution in [0.3, 0.4) is 0 Å². The highest BCUT2D eigenvalue weighted by atomic mass is 16.6. The van der Waals surface area contributed by atoms with Gasteiger partial charge < -0.3 is 31.2 Å². The molecule has 3 amide bonds. The number of nitrogens with two attached hydrogens (primary N) is 2. The molecule has 2 rings (SSSR count). The van der Waals surface area contributed by atoms with E-state index >= 15 is 0 Å². The smallest absolute Gasteiger partial charge is 0.417 e. The van der Waals surface area contributed by atoms with Gasteiger partial charge in [-0.25, -0.2) is 9.69 Å². The van der Waals surface area contributed by atoms with Gasteiger partial charge >= 0.3 is 6.09 Å².